The van der Waals surface area contributed by atoms with Crippen LogP contribution in [0.1, 0.15) is 55.2 Å². The van der Waals surface area contributed by atoms with E-state index in [-0.39, 0.29) is 73.6 Å². The summed E-state index contributed by atoms with van der Waals surface area (Å²) in [6, 6.07) is 7.22. The van der Waals surface area contributed by atoms with Crippen molar-refractivity contribution in [1.29, 1.82) is 0 Å². The highest BCUT2D eigenvalue weighted by Gasteiger charge is 2.74. The van der Waals surface area contributed by atoms with Crippen LogP contribution in [0.25, 0.3) is 0 Å². The van der Waals surface area contributed by atoms with Gasteiger partial charge in [0.1, 0.15) is 10.3 Å². The summed E-state index contributed by atoms with van der Waals surface area (Å²) in [5.41, 5.74) is -9.82. The molecule has 7 nitrogen and oxygen atoms in total. The first kappa shape index (κ1) is 32.2. The molecule has 3 aliphatic rings. The Morgan fingerprint density at radius 1 is 0.864 bits per heavy atom. The quantitative estimate of drug-likeness (QED) is 0.431. The fourth-order valence-electron chi connectivity index (χ4n) is 7.11. The van der Waals surface area contributed by atoms with E-state index in [0.717, 1.165) is 6.07 Å². The van der Waals surface area contributed by atoms with Crippen molar-refractivity contribution in [3.8, 4) is 0 Å². The molecule has 1 amide bonds. The van der Waals surface area contributed by atoms with Crippen molar-refractivity contribution in [2.75, 3.05) is 6.54 Å². The van der Waals surface area contributed by atoms with Gasteiger partial charge >= 0.3 is 24.0 Å². The topological polar surface area (TPSA) is 112 Å². The highest BCUT2D eigenvalue weighted by Crippen LogP contribution is 2.57. The van der Waals surface area contributed by atoms with Gasteiger partial charge in [-0.25, -0.2) is 12.8 Å². The number of hydrogen-bond donors (Lipinski definition) is 2. The molecule has 0 spiro atoms. The minimum absolute atomic E-state index is 0.00145. The molecule has 2 aromatic rings. The van der Waals surface area contributed by atoms with E-state index in [1.165, 1.54) is 35.2 Å². The molecule has 0 bridgehead atoms. The van der Waals surface area contributed by atoms with E-state index in [0.29, 0.717) is 6.07 Å². The van der Waals surface area contributed by atoms with Crippen LogP contribution in [-0.4, -0.2) is 65.9 Å². The van der Waals surface area contributed by atoms with Gasteiger partial charge in [0.05, 0.1) is 16.9 Å². The lowest BCUT2D eigenvalue weighted by Gasteiger charge is -2.45. The summed E-state index contributed by atoms with van der Waals surface area (Å²) in [6.07, 6.45) is -13.9. The van der Waals surface area contributed by atoms with E-state index in [4.69, 9.17) is 0 Å². The molecule has 1 saturated carbocycles. The number of rotatable bonds is 5. The van der Waals surface area contributed by atoms with Crippen molar-refractivity contribution in [1.82, 2.24) is 4.90 Å². The summed E-state index contributed by atoms with van der Waals surface area (Å²) in [6.45, 7) is -0.223. The van der Waals surface area contributed by atoms with Crippen molar-refractivity contribution in [2.45, 2.75) is 84.3 Å². The third kappa shape index (κ3) is 4.60. The maximum absolute atomic E-state index is 15.0. The number of halogens is 7. The van der Waals surface area contributed by atoms with E-state index in [1.807, 2.05) is 0 Å². The molecular weight excluding hydrogens is 623 g/mol. The largest absolute Gasteiger partial charge is 0.481 e. The molecule has 240 valence electrons. The number of carbonyl (C=O) groups is 2. The molecule has 2 aliphatic carbocycles. The lowest BCUT2D eigenvalue weighted by molar-refractivity contribution is -0.348. The van der Waals surface area contributed by atoms with Gasteiger partial charge in [-0.3, -0.25) is 9.59 Å². The van der Waals surface area contributed by atoms with E-state index < -0.39 is 67.6 Å². The van der Waals surface area contributed by atoms with Crippen molar-refractivity contribution in [2.24, 2.45) is 5.92 Å². The number of alkyl halides is 7. The van der Waals surface area contributed by atoms with Crippen LogP contribution in [0.15, 0.2) is 53.4 Å². The van der Waals surface area contributed by atoms with Gasteiger partial charge < -0.3 is 15.1 Å². The Balaban J connectivity index is 1.63. The number of carbonyl (C=O) groups excluding carboxylic acids is 1. The highest BCUT2D eigenvalue weighted by molar-refractivity contribution is 7.92. The number of amides is 1. The monoisotopic (exact) mass is 651 g/mol. The first-order chi connectivity index (χ1) is 20.3. The third-order valence-corrected chi connectivity index (χ3v) is 12.0. The average molecular weight is 652 g/mol. The molecule has 15 heteroatoms. The maximum atomic E-state index is 15.0. The van der Waals surface area contributed by atoms with E-state index >= 15 is 0 Å². The summed E-state index contributed by atoms with van der Waals surface area (Å²) < 4.78 is 123. The smallest absolute Gasteiger partial charge is 0.435 e. The van der Waals surface area contributed by atoms with E-state index in [2.05, 4.69) is 0 Å². The first-order valence-corrected chi connectivity index (χ1v) is 15.3. The van der Waals surface area contributed by atoms with Crippen LogP contribution >= 0.6 is 0 Å². The molecule has 2 fully saturated rings. The molecule has 2 N–H and O–H groups in total. The van der Waals surface area contributed by atoms with Crippen LogP contribution in [0.2, 0.25) is 0 Å². The Hall–Kier alpha value is -3.20. The van der Waals surface area contributed by atoms with Gasteiger partial charge in [-0.1, -0.05) is 36.4 Å². The van der Waals surface area contributed by atoms with Crippen LogP contribution in [0, 0.1) is 5.92 Å². The number of benzene rings is 2. The zero-order valence-corrected chi connectivity index (χ0v) is 23.8. The number of carboxylic acid groups (broad SMARTS) is 1. The van der Waals surface area contributed by atoms with Crippen molar-refractivity contribution < 1.29 is 59.0 Å². The Kier molecular flexibility index (Phi) is 7.63. The number of sulfone groups is 1. The standard InChI is InChI=1S/C29H28F7NO6S/c30-27(28(31,32)33,29(34,35)36)19-7-8-21-18(16-19)6-9-22-26(21,44(42,43)20-4-2-1-3-5-20)14-15-37(22)24(40)25(41)12-10-17(11-13-25)23(38)39/h1-5,7-8,16-17,22,41H,6,9-15H2,(H,38,39)/t17-,22-,25+,26-/m0/s1. The van der Waals surface area contributed by atoms with Gasteiger partial charge in [-0.15, -0.1) is 0 Å². The molecule has 2 atom stereocenters. The molecule has 0 unspecified atom stereocenters. The van der Waals surface area contributed by atoms with E-state index in [1.54, 1.807) is 0 Å². The number of aliphatic hydroxyl groups is 1. The second-order valence-corrected chi connectivity index (χ2v) is 13.9. The van der Waals surface area contributed by atoms with Crippen LogP contribution in [0.3, 0.4) is 0 Å². The lowest BCUT2D eigenvalue weighted by atomic mass is 9.75. The van der Waals surface area contributed by atoms with Crippen LogP contribution in [0.4, 0.5) is 30.7 Å². The zero-order chi connectivity index (χ0) is 32.5. The normalized spacial score (nSPS) is 27.9. The molecule has 0 aromatic heterocycles. The molecule has 0 radical (unpaired) electrons. The van der Waals surface area contributed by atoms with Gasteiger partial charge in [-0.05, 0) is 68.2 Å². The summed E-state index contributed by atoms with van der Waals surface area (Å²) in [5.74, 6) is -2.68. The molecule has 1 heterocycles. The molecule has 2 aromatic carbocycles. The molecule has 1 saturated heterocycles. The number of aliphatic carboxylic acids is 1. The lowest BCUT2D eigenvalue weighted by Crippen LogP contribution is -2.57. The first-order valence-electron chi connectivity index (χ1n) is 13.8. The van der Waals surface area contributed by atoms with Gasteiger partial charge in [0.15, 0.2) is 9.84 Å². The maximum Gasteiger partial charge on any atom is 0.435 e. The van der Waals surface area contributed by atoms with Gasteiger partial charge in [0, 0.05) is 12.1 Å². The summed E-state index contributed by atoms with van der Waals surface area (Å²) >= 11 is 0. The predicted octanol–water partition coefficient (Wildman–Crippen LogP) is 5.20. The average Bonchev–Trinajstić information content (AvgIpc) is 3.37. The number of nitrogens with zero attached hydrogens (tertiary/aromatic N) is 1. The third-order valence-electron chi connectivity index (χ3n) is 9.42. The Morgan fingerprint density at radius 3 is 2.00 bits per heavy atom. The summed E-state index contributed by atoms with van der Waals surface area (Å²) in [7, 11) is -4.51. The molecule has 1 aliphatic heterocycles. The van der Waals surface area contributed by atoms with Crippen LogP contribution in [-0.2, 0) is 36.3 Å². The van der Waals surface area contributed by atoms with Crippen molar-refractivity contribution in [3.05, 3.63) is 65.2 Å². The Bertz CT molecular complexity index is 1550. The Labute approximate surface area is 247 Å². The Morgan fingerprint density at radius 2 is 1.45 bits per heavy atom. The van der Waals surface area contributed by atoms with E-state index in [9.17, 15) is 59.0 Å². The fraction of sp³-hybridized carbons (Fsp3) is 0.517. The summed E-state index contributed by atoms with van der Waals surface area (Å²) in [4.78, 5) is 26.2. The molecule has 44 heavy (non-hydrogen) atoms. The zero-order valence-electron chi connectivity index (χ0n) is 23.0. The van der Waals surface area contributed by atoms with Crippen LogP contribution in [0.5, 0.6) is 0 Å². The second kappa shape index (κ2) is 10.4. The van der Waals surface area contributed by atoms with Gasteiger partial charge in [-0.2, -0.15) is 26.3 Å². The fourth-order valence-corrected chi connectivity index (χ4v) is 9.49. The molecular formula is C29H28F7NO6S. The number of hydrogen-bond acceptors (Lipinski definition) is 5. The number of fused-ring (bicyclic) bond motifs is 3. The predicted molar refractivity (Wildman–Crippen MR) is 140 cm³/mol. The minimum Gasteiger partial charge on any atom is -0.481 e. The number of aryl methyl sites for hydroxylation is 1. The summed E-state index contributed by atoms with van der Waals surface area (Å²) in [5, 5.41) is 20.6. The molecule has 5 rings (SSSR count). The second-order valence-electron chi connectivity index (χ2n) is 11.7. The van der Waals surface area contributed by atoms with Crippen molar-refractivity contribution in [3.63, 3.8) is 0 Å². The number of carboxylic acids is 1. The van der Waals surface area contributed by atoms with Crippen LogP contribution < -0.4 is 0 Å². The van der Waals surface area contributed by atoms with Crippen molar-refractivity contribution >= 4 is 21.7 Å². The minimum atomic E-state index is -6.36. The highest BCUT2D eigenvalue weighted by atomic mass is 32.2. The van der Waals surface area contributed by atoms with Gasteiger partial charge in [0.2, 0.25) is 0 Å². The number of likely N-dealkylation sites (tertiary alicyclic amines) is 1. The van der Waals surface area contributed by atoms with Gasteiger partial charge in [0.25, 0.3) is 5.91 Å². The SMILES string of the molecule is O=C(O)[C@H]1CC[C@](O)(C(=O)N2CC[C@]3(S(=O)(=O)c4ccccc4)c4ccc(C(F)(C(F)(F)F)C(F)(F)F)cc4CC[C@H]23)CC1.